The Morgan fingerprint density at radius 1 is 0.484 bits per heavy atom. The average molecular weight is 901 g/mol. The molecule has 0 aromatic rings. The average Bonchev–Trinajstić information content (AvgIpc) is 3.26. The van der Waals surface area contributed by atoms with Gasteiger partial charge >= 0.3 is 17.9 Å². The van der Waals surface area contributed by atoms with E-state index in [4.69, 9.17) is 14.2 Å². The van der Waals surface area contributed by atoms with Crippen LogP contribution in [0.25, 0.3) is 0 Å². The molecule has 0 spiro atoms. The normalized spacial score (nSPS) is 13.2. The quantitative estimate of drug-likeness (QED) is 0.0213. The Morgan fingerprint density at radius 3 is 1.30 bits per heavy atom. The lowest BCUT2D eigenvalue weighted by Gasteiger charge is -2.31. The molecule has 0 aromatic carbocycles. The Kier molecular flexibility index (Phi) is 44.8. The molecule has 1 N–H and O–H groups in total. The fourth-order valence-electron chi connectivity index (χ4n) is 7.82. The third kappa shape index (κ3) is 44.5. The van der Waals surface area contributed by atoms with Gasteiger partial charge in [-0.05, 0) is 70.6 Å². The van der Waals surface area contributed by atoms with E-state index in [1.165, 1.54) is 135 Å². The summed E-state index contributed by atoms with van der Waals surface area (Å²) in [7, 11) is 5.53. The Balaban J connectivity index is 4.27. The molecule has 0 bridgehead atoms. The Morgan fingerprint density at radius 2 is 0.875 bits per heavy atom. The van der Waals surface area contributed by atoms with Crippen molar-refractivity contribution in [2.75, 3.05) is 41.0 Å². The molecule has 0 rings (SSSR count). The van der Waals surface area contributed by atoms with Gasteiger partial charge in [-0.25, -0.2) is 4.79 Å². The molecule has 0 amide bonds. The zero-order valence-corrected chi connectivity index (χ0v) is 42.5. The summed E-state index contributed by atoms with van der Waals surface area (Å²) in [6.07, 6.45) is 57.3. The molecule has 372 valence electrons. The minimum absolute atomic E-state index is 0.0528. The van der Waals surface area contributed by atoms with E-state index in [-0.39, 0.29) is 36.2 Å². The van der Waals surface area contributed by atoms with Crippen LogP contribution in [-0.2, 0) is 28.6 Å². The highest BCUT2D eigenvalue weighted by Gasteiger charge is 2.31. The summed E-state index contributed by atoms with van der Waals surface area (Å²) in [5.74, 6) is -1.49. The first kappa shape index (κ1) is 61.3. The van der Waals surface area contributed by atoms with E-state index in [1.807, 2.05) is 21.1 Å². The number of nitrogens with zero attached hydrogens (tertiary/aromatic N) is 1. The summed E-state index contributed by atoms with van der Waals surface area (Å²) in [5.41, 5.74) is 0. The van der Waals surface area contributed by atoms with E-state index in [1.54, 1.807) is 0 Å². The van der Waals surface area contributed by atoms with E-state index in [2.05, 4.69) is 62.5 Å². The smallest absolute Gasteiger partial charge is 0.362 e. The Bertz CT molecular complexity index is 1190. The second-order valence-corrected chi connectivity index (χ2v) is 19.2. The molecule has 0 aliphatic rings. The maximum absolute atomic E-state index is 12.8. The first-order valence-electron chi connectivity index (χ1n) is 26.7. The predicted molar refractivity (Wildman–Crippen MR) is 271 cm³/mol. The summed E-state index contributed by atoms with van der Waals surface area (Å²) in [4.78, 5) is 37.2. The lowest BCUT2D eigenvalue weighted by molar-refractivity contribution is -0.887. The SMILES string of the molecule is CCCCCCCCC/C=C/C=C/CCCCCCCC(=O)OCC(COCCC(C(=O)O)[N+](C)(C)C)OC(=O)CCCCCCCCC/C=C/C/C=C/CCCCCCCCCC. The van der Waals surface area contributed by atoms with Crippen molar-refractivity contribution in [2.45, 2.75) is 251 Å². The van der Waals surface area contributed by atoms with Gasteiger partial charge in [0.2, 0.25) is 0 Å². The van der Waals surface area contributed by atoms with Crippen LogP contribution >= 0.6 is 0 Å². The number of ether oxygens (including phenoxy) is 3. The first-order chi connectivity index (χ1) is 31.1. The Labute approximate surface area is 395 Å². The minimum Gasteiger partial charge on any atom is -0.477 e. The van der Waals surface area contributed by atoms with Gasteiger partial charge in [0, 0.05) is 19.3 Å². The van der Waals surface area contributed by atoms with Crippen LogP contribution in [0.3, 0.4) is 0 Å². The summed E-state index contributed by atoms with van der Waals surface area (Å²) in [5, 5.41) is 9.66. The fraction of sp³-hybridized carbons (Fsp3) is 0.804. The van der Waals surface area contributed by atoms with Gasteiger partial charge in [-0.2, -0.15) is 0 Å². The number of rotatable bonds is 48. The molecule has 0 radical (unpaired) electrons. The highest BCUT2D eigenvalue weighted by atomic mass is 16.6. The van der Waals surface area contributed by atoms with Crippen molar-refractivity contribution in [1.82, 2.24) is 0 Å². The number of esters is 2. The molecule has 0 heterocycles. The zero-order valence-electron chi connectivity index (χ0n) is 42.5. The monoisotopic (exact) mass is 901 g/mol. The van der Waals surface area contributed by atoms with Crippen molar-refractivity contribution >= 4 is 17.9 Å². The number of hydrogen-bond donors (Lipinski definition) is 1. The lowest BCUT2D eigenvalue weighted by atomic mass is 10.1. The summed E-state index contributed by atoms with van der Waals surface area (Å²) >= 11 is 0. The molecule has 0 aliphatic heterocycles. The number of carboxylic acid groups (broad SMARTS) is 1. The molecule has 0 aromatic heterocycles. The highest BCUT2D eigenvalue weighted by molar-refractivity contribution is 5.72. The molecule has 0 aliphatic carbocycles. The van der Waals surface area contributed by atoms with Crippen molar-refractivity contribution in [3.8, 4) is 0 Å². The van der Waals surface area contributed by atoms with Crippen molar-refractivity contribution in [3.63, 3.8) is 0 Å². The fourth-order valence-corrected chi connectivity index (χ4v) is 7.82. The molecule has 0 fully saturated rings. The van der Waals surface area contributed by atoms with E-state index in [0.29, 0.717) is 19.3 Å². The van der Waals surface area contributed by atoms with Crippen molar-refractivity contribution < 1.29 is 38.2 Å². The summed E-state index contributed by atoms with van der Waals surface area (Å²) in [6.45, 7) is 4.73. The number of carbonyl (C=O) groups is 3. The van der Waals surface area contributed by atoms with Gasteiger partial charge in [0.05, 0.1) is 34.4 Å². The van der Waals surface area contributed by atoms with Gasteiger partial charge in [-0.3, -0.25) is 9.59 Å². The molecule has 2 atom stereocenters. The third-order valence-electron chi connectivity index (χ3n) is 12.0. The van der Waals surface area contributed by atoms with Gasteiger partial charge in [-0.1, -0.05) is 197 Å². The number of allylic oxidation sites excluding steroid dienone is 8. The maximum Gasteiger partial charge on any atom is 0.362 e. The molecule has 64 heavy (non-hydrogen) atoms. The van der Waals surface area contributed by atoms with Crippen molar-refractivity contribution in [2.24, 2.45) is 0 Å². The summed E-state index contributed by atoms with van der Waals surface area (Å²) in [6, 6.07) is -0.620. The van der Waals surface area contributed by atoms with E-state index >= 15 is 0 Å². The van der Waals surface area contributed by atoms with E-state index in [9.17, 15) is 19.5 Å². The second-order valence-electron chi connectivity index (χ2n) is 19.2. The molecule has 8 heteroatoms. The van der Waals surface area contributed by atoms with E-state index in [0.717, 1.165) is 70.6 Å². The molecular weight excluding hydrogens is 799 g/mol. The first-order valence-corrected chi connectivity index (χ1v) is 26.7. The van der Waals surface area contributed by atoms with Crippen LogP contribution in [0.4, 0.5) is 0 Å². The third-order valence-corrected chi connectivity index (χ3v) is 12.0. The van der Waals surface area contributed by atoms with Gasteiger partial charge in [0.25, 0.3) is 0 Å². The number of quaternary nitrogens is 1. The standard InChI is InChI=1S/C56H101NO7/c1-6-8-10-12-14-16-18-20-22-24-26-27-28-29-31-33-35-37-39-41-43-45-47-55(59)64-52(50-62-49-48-53(56(60)61)57(3,4)5)51-63-54(58)46-44-42-40-38-36-34-32-30-25-23-21-19-17-15-13-11-9-7-2/h23-26,28-30,32,52-53H,6-22,27,31,33-51H2,1-5H3/p+1/b25-23+,26-24+,29-28+,32-30+. The molecular formula is C56H102NO7+. The number of unbranched alkanes of at least 4 members (excludes halogenated alkanes) is 27. The second kappa shape index (κ2) is 46.8. The van der Waals surface area contributed by atoms with Crippen LogP contribution in [0.1, 0.15) is 239 Å². The van der Waals surface area contributed by atoms with Gasteiger partial charge in [-0.15, -0.1) is 0 Å². The van der Waals surface area contributed by atoms with Crippen LogP contribution < -0.4 is 0 Å². The maximum atomic E-state index is 12.8. The predicted octanol–water partition coefficient (Wildman–Crippen LogP) is 15.5. The van der Waals surface area contributed by atoms with Crippen LogP contribution in [0.15, 0.2) is 48.6 Å². The van der Waals surface area contributed by atoms with E-state index < -0.39 is 18.1 Å². The van der Waals surface area contributed by atoms with Gasteiger partial charge < -0.3 is 23.8 Å². The molecule has 0 saturated carbocycles. The van der Waals surface area contributed by atoms with Crippen LogP contribution in [0.2, 0.25) is 0 Å². The number of carbonyl (C=O) groups excluding carboxylic acids is 2. The largest absolute Gasteiger partial charge is 0.477 e. The molecule has 0 saturated heterocycles. The number of carboxylic acids is 1. The Hall–Kier alpha value is -2.71. The minimum atomic E-state index is -0.878. The van der Waals surface area contributed by atoms with Crippen LogP contribution in [0.5, 0.6) is 0 Å². The number of likely N-dealkylation sites (N-methyl/N-ethyl adjacent to an activating group) is 1. The topological polar surface area (TPSA) is 99.1 Å². The number of hydrogen-bond acceptors (Lipinski definition) is 6. The lowest BCUT2D eigenvalue weighted by Crippen LogP contribution is -2.50. The van der Waals surface area contributed by atoms with Gasteiger partial charge in [0.1, 0.15) is 6.61 Å². The zero-order chi connectivity index (χ0) is 47.0. The summed E-state index contributed by atoms with van der Waals surface area (Å²) < 4.78 is 17.4. The van der Waals surface area contributed by atoms with Crippen LogP contribution in [0, 0.1) is 0 Å². The highest BCUT2D eigenvalue weighted by Crippen LogP contribution is 2.15. The molecule has 2 unspecified atom stereocenters. The van der Waals surface area contributed by atoms with Crippen LogP contribution in [-0.4, -0.2) is 80.6 Å². The van der Waals surface area contributed by atoms with Crippen molar-refractivity contribution in [1.29, 1.82) is 0 Å². The molecule has 8 nitrogen and oxygen atoms in total. The number of aliphatic carboxylic acids is 1. The van der Waals surface area contributed by atoms with Crippen molar-refractivity contribution in [3.05, 3.63) is 48.6 Å². The van der Waals surface area contributed by atoms with Gasteiger partial charge in [0.15, 0.2) is 12.1 Å².